The first-order chi connectivity index (χ1) is 10.1. The standard InChI is InChI=1S/C15H21NO5/c1-19-8-11-13(20-2)5-9(6-14(11)21-3)12-4-10(7-16-12)15(17)18/h5-6,10,12,16H,4,7-8H2,1-3H3,(H,17,18). The topological polar surface area (TPSA) is 77.0 Å². The summed E-state index contributed by atoms with van der Waals surface area (Å²) >= 11 is 0. The van der Waals surface area contributed by atoms with Crippen LogP contribution < -0.4 is 14.8 Å². The zero-order valence-corrected chi connectivity index (χ0v) is 12.5. The molecule has 1 aromatic carbocycles. The van der Waals surface area contributed by atoms with E-state index < -0.39 is 5.97 Å². The van der Waals surface area contributed by atoms with Crippen molar-refractivity contribution in [3.63, 3.8) is 0 Å². The maximum Gasteiger partial charge on any atom is 0.307 e. The van der Waals surface area contributed by atoms with E-state index in [9.17, 15) is 4.79 Å². The molecule has 0 aromatic heterocycles. The number of hydrogen-bond acceptors (Lipinski definition) is 5. The Balaban J connectivity index is 2.31. The summed E-state index contributed by atoms with van der Waals surface area (Å²) in [5.74, 6) is 0.254. The van der Waals surface area contributed by atoms with Crippen molar-refractivity contribution in [1.29, 1.82) is 0 Å². The van der Waals surface area contributed by atoms with E-state index in [-0.39, 0.29) is 12.0 Å². The van der Waals surface area contributed by atoms with Gasteiger partial charge in [-0.1, -0.05) is 0 Å². The van der Waals surface area contributed by atoms with Crippen LogP contribution in [0.2, 0.25) is 0 Å². The van der Waals surface area contributed by atoms with Crippen molar-refractivity contribution < 1.29 is 24.1 Å². The van der Waals surface area contributed by atoms with E-state index in [4.69, 9.17) is 19.3 Å². The Morgan fingerprint density at radius 3 is 2.33 bits per heavy atom. The van der Waals surface area contributed by atoms with Gasteiger partial charge in [0.15, 0.2) is 0 Å². The minimum absolute atomic E-state index is 0.00880. The molecular formula is C15H21NO5. The lowest BCUT2D eigenvalue weighted by atomic mass is 9.98. The quantitative estimate of drug-likeness (QED) is 0.830. The average molecular weight is 295 g/mol. The van der Waals surface area contributed by atoms with Crippen molar-refractivity contribution in [2.75, 3.05) is 27.9 Å². The summed E-state index contributed by atoms with van der Waals surface area (Å²) < 4.78 is 16.0. The summed E-state index contributed by atoms with van der Waals surface area (Å²) in [7, 11) is 4.81. The van der Waals surface area contributed by atoms with Gasteiger partial charge in [-0.2, -0.15) is 0 Å². The minimum atomic E-state index is -0.764. The second kappa shape index (κ2) is 6.78. The van der Waals surface area contributed by atoms with Gasteiger partial charge in [-0.25, -0.2) is 0 Å². The third kappa shape index (κ3) is 3.28. The number of benzene rings is 1. The Morgan fingerprint density at radius 2 is 1.90 bits per heavy atom. The first-order valence-electron chi connectivity index (χ1n) is 6.80. The van der Waals surface area contributed by atoms with Gasteiger partial charge in [0.25, 0.3) is 0 Å². The van der Waals surface area contributed by atoms with E-state index in [1.807, 2.05) is 12.1 Å². The predicted octanol–water partition coefficient (Wildman–Crippen LogP) is 1.59. The van der Waals surface area contributed by atoms with Crippen LogP contribution in [0.15, 0.2) is 12.1 Å². The number of carboxylic acid groups (broad SMARTS) is 1. The molecule has 0 amide bonds. The van der Waals surface area contributed by atoms with Gasteiger partial charge in [0.1, 0.15) is 11.5 Å². The average Bonchev–Trinajstić information content (AvgIpc) is 2.97. The molecule has 0 spiro atoms. The molecule has 0 aliphatic carbocycles. The number of carboxylic acids is 1. The molecule has 6 nitrogen and oxygen atoms in total. The molecule has 0 radical (unpaired) electrons. The fourth-order valence-corrected chi connectivity index (χ4v) is 2.67. The van der Waals surface area contributed by atoms with E-state index >= 15 is 0 Å². The van der Waals surface area contributed by atoms with Gasteiger partial charge in [-0.15, -0.1) is 0 Å². The molecule has 1 aromatic rings. The van der Waals surface area contributed by atoms with Gasteiger partial charge in [0.2, 0.25) is 0 Å². The Labute approximate surface area is 124 Å². The Bertz CT molecular complexity index is 492. The molecular weight excluding hydrogens is 274 g/mol. The van der Waals surface area contributed by atoms with Gasteiger partial charge in [-0.3, -0.25) is 4.79 Å². The molecule has 116 valence electrons. The summed E-state index contributed by atoms with van der Waals surface area (Å²) in [5, 5.41) is 12.3. The first-order valence-corrected chi connectivity index (χ1v) is 6.80. The second-order valence-corrected chi connectivity index (χ2v) is 5.07. The summed E-state index contributed by atoms with van der Waals surface area (Å²) in [6.07, 6.45) is 0.561. The van der Waals surface area contributed by atoms with Gasteiger partial charge < -0.3 is 24.6 Å². The van der Waals surface area contributed by atoms with E-state index in [0.29, 0.717) is 31.1 Å². The fourth-order valence-electron chi connectivity index (χ4n) is 2.67. The molecule has 0 bridgehead atoms. The van der Waals surface area contributed by atoms with Crippen LogP contribution in [0, 0.1) is 5.92 Å². The first kappa shape index (κ1) is 15.6. The van der Waals surface area contributed by atoms with Crippen LogP contribution in [0.5, 0.6) is 11.5 Å². The maximum atomic E-state index is 11.1. The summed E-state index contributed by atoms with van der Waals surface area (Å²) in [4.78, 5) is 11.1. The lowest BCUT2D eigenvalue weighted by Gasteiger charge is -2.18. The Hall–Kier alpha value is -1.79. The lowest BCUT2D eigenvalue weighted by molar-refractivity contribution is -0.141. The van der Waals surface area contributed by atoms with Gasteiger partial charge >= 0.3 is 5.97 Å². The smallest absolute Gasteiger partial charge is 0.307 e. The van der Waals surface area contributed by atoms with Crippen molar-refractivity contribution in [2.45, 2.75) is 19.1 Å². The molecule has 2 N–H and O–H groups in total. The normalized spacial score (nSPS) is 21.3. The molecule has 1 heterocycles. The molecule has 6 heteroatoms. The lowest BCUT2D eigenvalue weighted by Crippen LogP contribution is -2.17. The van der Waals surface area contributed by atoms with Crippen molar-refractivity contribution >= 4 is 5.97 Å². The van der Waals surface area contributed by atoms with Crippen LogP contribution >= 0.6 is 0 Å². The molecule has 2 unspecified atom stereocenters. The van der Waals surface area contributed by atoms with Crippen LogP contribution in [-0.2, 0) is 16.1 Å². The predicted molar refractivity (Wildman–Crippen MR) is 76.7 cm³/mol. The molecule has 1 aliphatic heterocycles. The molecule has 21 heavy (non-hydrogen) atoms. The van der Waals surface area contributed by atoms with E-state index in [0.717, 1.165) is 11.1 Å². The van der Waals surface area contributed by atoms with Gasteiger partial charge in [0.05, 0.1) is 32.3 Å². The number of aliphatic carboxylic acids is 1. The Morgan fingerprint density at radius 1 is 1.29 bits per heavy atom. The highest BCUT2D eigenvalue weighted by Crippen LogP contribution is 2.36. The molecule has 1 aliphatic rings. The molecule has 1 saturated heterocycles. The highest BCUT2D eigenvalue weighted by Gasteiger charge is 2.31. The summed E-state index contributed by atoms with van der Waals surface area (Å²) in [6.45, 7) is 0.868. The van der Waals surface area contributed by atoms with Gasteiger partial charge in [-0.05, 0) is 24.1 Å². The summed E-state index contributed by atoms with van der Waals surface area (Å²) in [6, 6.07) is 3.82. The van der Waals surface area contributed by atoms with Crippen LogP contribution in [0.4, 0.5) is 0 Å². The third-order valence-corrected chi connectivity index (χ3v) is 3.80. The van der Waals surface area contributed by atoms with E-state index in [1.54, 1.807) is 21.3 Å². The molecule has 2 rings (SSSR count). The van der Waals surface area contributed by atoms with Crippen molar-refractivity contribution in [1.82, 2.24) is 5.32 Å². The summed E-state index contributed by atoms with van der Waals surface area (Å²) in [5.41, 5.74) is 1.81. The maximum absolute atomic E-state index is 11.1. The van der Waals surface area contributed by atoms with Crippen molar-refractivity contribution in [2.24, 2.45) is 5.92 Å². The number of carbonyl (C=O) groups is 1. The SMILES string of the molecule is COCc1c(OC)cc(C2CC(C(=O)O)CN2)cc1OC. The molecule has 1 fully saturated rings. The molecule has 0 saturated carbocycles. The number of hydrogen-bond donors (Lipinski definition) is 2. The highest BCUT2D eigenvalue weighted by atomic mass is 16.5. The minimum Gasteiger partial charge on any atom is -0.496 e. The van der Waals surface area contributed by atoms with Crippen molar-refractivity contribution in [3.05, 3.63) is 23.3 Å². The molecule has 2 atom stereocenters. The number of ether oxygens (including phenoxy) is 3. The van der Waals surface area contributed by atoms with Crippen LogP contribution in [0.3, 0.4) is 0 Å². The second-order valence-electron chi connectivity index (χ2n) is 5.07. The van der Waals surface area contributed by atoms with Crippen LogP contribution in [-0.4, -0.2) is 38.9 Å². The van der Waals surface area contributed by atoms with Crippen molar-refractivity contribution in [3.8, 4) is 11.5 Å². The number of nitrogens with one attached hydrogen (secondary N) is 1. The largest absolute Gasteiger partial charge is 0.496 e. The Kier molecular flexibility index (Phi) is 5.03. The fraction of sp³-hybridized carbons (Fsp3) is 0.533. The van der Waals surface area contributed by atoms with E-state index in [2.05, 4.69) is 5.32 Å². The highest BCUT2D eigenvalue weighted by molar-refractivity contribution is 5.71. The van der Waals surface area contributed by atoms with E-state index in [1.165, 1.54) is 0 Å². The number of rotatable bonds is 6. The van der Waals surface area contributed by atoms with Crippen LogP contribution in [0.25, 0.3) is 0 Å². The zero-order chi connectivity index (χ0) is 15.4. The monoisotopic (exact) mass is 295 g/mol. The van der Waals surface area contributed by atoms with Gasteiger partial charge in [0, 0.05) is 19.7 Å². The number of methoxy groups -OCH3 is 3. The third-order valence-electron chi connectivity index (χ3n) is 3.80. The zero-order valence-electron chi connectivity index (χ0n) is 12.5. The van der Waals surface area contributed by atoms with Crippen LogP contribution in [0.1, 0.15) is 23.6 Å².